The molecule has 0 bridgehead atoms. The van der Waals surface area contributed by atoms with Crippen molar-refractivity contribution in [2.24, 2.45) is 0 Å². The summed E-state index contributed by atoms with van der Waals surface area (Å²) >= 11 is 5.89. The Balaban J connectivity index is 1.44. The molecular weight excluding hydrogens is 381 g/mol. The predicted octanol–water partition coefficient (Wildman–Crippen LogP) is 4.37. The number of anilines is 1. The molecule has 1 amide bonds. The van der Waals surface area contributed by atoms with Crippen LogP contribution in [0.5, 0.6) is 0 Å². The SMILES string of the molecule is O=C(Nc1cnn(Cc2ccccc2F)c1)c1cc(-c2ccc(Cl)cc2)n[nH]1. The molecule has 2 heterocycles. The molecule has 0 unspecified atom stereocenters. The molecule has 2 aromatic heterocycles. The van der Waals surface area contributed by atoms with Crippen LogP contribution in [0, 0.1) is 5.82 Å². The standard InChI is InChI=1S/C20H15ClFN5O/c21-15-7-5-13(6-8-15)18-9-19(26-25-18)20(28)24-16-10-23-27(12-16)11-14-3-1-2-4-17(14)22/h1-10,12H,11H2,(H,24,28)(H,25,26). The fraction of sp³-hybridized carbons (Fsp3) is 0.0500. The molecule has 0 aliphatic rings. The largest absolute Gasteiger partial charge is 0.318 e. The van der Waals surface area contributed by atoms with Crippen LogP contribution in [0.15, 0.2) is 67.0 Å². The van der Waals surface area contributed by atoms with E-state index in [0.717, 1.165) is 5.56 Å². The molecule has 28 heavy (non-hydrogen) atoms. The molecule has 140 valence electrons. The van der Waals surface area contributed by atoms with Gasteiger partial charge >= 0.3 is 0 Å². The van der Waals surface area contributed by atoms with Crippen LogP contribution < -0.4 is 5.32 Å². The van der Waals surface area contributed by atoms with Crippen LogP contribution in [0.25, 0.3) is 11.3 Å². The number of hydrogen-bond donors (Lipinski definition) is 2. The van der Waals surface area contributed by atoms with Gasteiger partial charge in [-0.2, -0.15) is 10.2 Å². The van der Waals surface area contributed by atoms with Crippen molar-refractivity contribution in [1.29, 1.82) is 0 Å². The van der Waals surface area contributed by atoms with Crippen LogP contribution in [-0.4, -0.2) is 25.9 Å². The van der Waals surface area contributed by atoms with Gasteiger partial charge in [0.15, 0.2) is 0 Å². The first-order valence-electron chi connectivity index (χ1n) is 8.47. The summed E-state index contributed by atoms with van der Waals surface area (Å²) in [7, 11) is 0. The zero-order valence-electron chi connectivity index (χ0n) is 14.6. The van der Waals surface area contributed by atoms with Gasteiger partial charge in [-0.1, -0.05) is 41.9 Å². The minimum absolute atomic E-state index is 0.271. The van der Waals surface area contributed by atoms with Crippen LogP contribution in [-0.2, 0) is 6.54 Å². The normalized spacial score (nSPS) is 10.8. The van der Waals surface area contributed by atoms with Crippen molar-refractivity contribution >= 4 is 23.2 Å². The Morgan fingerprint density at radius 3 is 2.75 bits per heavy atom. The van der Waals surface area contributed by atoms with Crippen LogP contribution in [0.4, 0.5) is 10.1 Å². The minimum Gasteiger partial charge on any atom is -0.318 e. The van der Waals surface area contributed by atoms with Crippen molar-refractivity contribution in [3.63, 3.8) is 0 Å². The highest BCUT2D eigenvalue weighted by atomic mass is 35.5. The summed E-state index contributed by atoms with van der Waals surface area (Å²) in [5, 5.41) is 14.4. The molecule has 0 aliphatic carbocycles. The Hall–Kier alpha value is -3.45. The molecule has 4 aromatic rings. The molecule has 0 saturated heterocycles. The summed E-state index contributed by atoms with van der Waals surface area (Å²) in [4.78, 5) is 12.4. The number of benzene rings is 2. The van der Waals surface area contributed by atoms with E-state index >= 15 is 0 Å². The molecule has 0 saturated carbocycles. The first-order chi connectivity index (χ1) is 13.6. The number of nitrogens with zero attached hydrogens (tertiary/aromatic N) is 3. The first-order valence-corrected chi connectivity index (χ1v) is 8.85. The monoisotopic (exact) mass is 395 g/mol. The predicted molar refractivity (Wildman–Crippen MR) is 105 cm³/mol. The number of nitrogens with one attached hydrogen (secondary N) is 2. The maximum atomic E-state index is 13.7. The molecular formula is C20H15ClFN5O. The minimum atomic E-state index is -0.349. The molecule has 4 rings (SSSR count). The zero-order valence-corrected chi connectivity index (χ0v) is 15.3. The third-order valence-corrected chi connectivity index (χ3v) is 4.40. The third kappa shape index (κ3) is 3.94. The van der Waals surface area contributed by atoms with Gasteiger partial charge in [0.1, 0.15) is 11.5 Å². The van der Waals surface area contributed by atoms with Gasteiger partial charge in [-0.15, -0.1) is 0 Å². The number of hydrogen-bond acceptors (Lipinski definition) is 3. The van der Waals surface area contributed by atoms with Crippen molar-refractivity contribution in [3.8, 4) is 11.3 Å². The maximum Gasteiger partial charge on any atom is 0.273 e. The second-order valence-electron chi connectivity index (χ2n) is 6.15. The average molecular weight is 396 g/mol. The topological polar surface area (TPSA) is 75.6 Å². The molecule has 0 fully saturated rings. The second kappa shape index (κ2) is 7.66. The lowest BCUT2D eigenvalue weighted by Crippen LogP contribution is -2.11. The number of rotatable bonds is 5. The molecule has 6 nitrogen and oxygen atoms in total. The number of halogens is 2. The molecule has 2 N–H and O–H groups in total. The number of carbonyl (C=O) groups excluding carboxylic acids is 1. The number of H-pyrrole nitrogens is 1. The maximum absolute atomic E-state index is 13.7. The van der Waals surface area contributed by atoms with E-state index in [-0.39, 0.29) is 18.3 Å². The van der Waals surface area contributed by atoms with Gasteiger partial charge in [0.05, 0.1) is 24.1 Å². The van der Waals surface area contributed by atoms with Crippen molar-refractivity contribution in [3.05, 3.63) is 89.1 Å². The van der Waals surface area contributed by atoms with Gasteiger partial charge in [0.2, 0.25) is 0 Å². The second-order valence-corrected chi connectivity index (χ2v) is 6.58. The van der Waals surface area contributed by atoms with E-state index in [1.54, 1.807) is 47.3 Å². The Morgan fingerprint density at radius 2 is 1.96 bits per heavy atom. The summed E-state index contributed by atoms with van der Waals surface area (Å²) in [5.74, 6) is -0.645. The van der Waals surface area contributed by atoms with Crippen molar-refractivity contribution in [1.82, 2.24) is 20.0 Å². The Bertz CT molecular complexity index is 1120. The molecule has 0 aliphatic heterocycles. The molecule has 8 heteroatoms. The van der Waals surface area contributed by atoms with E-state index < -0.39 is 0 Å². The van der Waals surface area contributed by atoms with Crippen LogP contribution in [0.3, 0.4) is 0 Å². The summed E-state index contributed by atoms with van der Waals surface area (Å²) < 4.78 is 15.3. The lowest BCUT2D eigenvalue weighted by Gasteiger charge is -2.03. The van der Waals surface area contributed by atoms with Crippen molar-refractivity contribution < 1.29 is 9.18 Å². The van der Waals surface area contributed by atoms with E-state index in [9.17, 15) is 9.18 Å². The molecule has 0 radical (unpaired) electrons. The van der Waals surface area contributed by atoms with Gasteiger partial charge < -0.3 is 5.32 Å². The van der Waals surface area contributed by atoms with Gasteiger partial charge in [0, 0.05) is 22.3 Å². The molecule has 2 aromatic carbocycles. The molecule has 0 atom stereocenters. The molecule has 0 spiro atoms. The fourth-order valence-corrected chi connectivity index (χ4v) is 2.85. The summed E-state index contributed by atoms with van der Waals surface area (Å²) in [6.45, 7) is 0.271. The van der Waals surface area contributed by atoms with Gasteiger partial charge in [-0.25, -0.2) is 4.39 Å². The lowest BCUT2D eigenvalue weighted by molar-refractivity contribution is 0.102. The summed E-state index contributed by atoms with van der Waals surface area (Å²) in [5.41, 5.74) is 2.81. The summed E-state index contributed by atoms with van der Waals surface area (Å²) in [6.07, 6.45) is 3.15. The van der Waals surface area contributed by atoms with E-state index in [2.05, 4.69) is 20.6 Å². The van der Waals surface area contributed by atoms with Crippen LogP contribution in [0.2, 0.25) is 5.02 Å². The Labute approximate surface area is 165 Å². The quantitative estimate of drug-likeness (QED) is 0.527. The van der Waals surface area contributed by atoms with Crippen molar-refractivity contribution in [2.45, 2.75) is 6.54 Å². The number of carbonyl (C=O) groups is 1. The van der Waals surface area contributed by atoms with Crippen molar-refractivity contribution in [2.75, 3.05) is 5.32 Å². The lowest BCUT2D eigenvalue weighted by atomic mass is 10.1. The Kier molecular flexibility index (Phi) is 4.90. The van der Waals surface area contributed by atoms with E-state index in [1.807, 2.05) is 12.1 Å². The van der Waals surface area contributed by atoms with E-state index in [0.29, 0.717) is 27.7 Å². The van der Waals surface area contributed by atoms with Gasteiger partial charge in [-0.05, 0) is 24.3 Å². The van der Waals surface area contributed by atoms with Gasteiger partial charge in [0.25, 0.3) is 5.91 Å². The first kappa shape index (κ1) is 17.9. The highest BCUT2D eigenvalue weighted by Gasteiger charge is 2.13. The Morgan fingerprint density at radius 1 is 1.18 bits per heavy atom. The number of aromatic nitrogens is 4. The number of amides is 1. The average Bonchev–Trinajstić information content (AvgIpc) is 3.34. The summed E-state index contributed by atoms with van der Waals surface area (Å²) in [6, 6.07) is 15.3. The van der Waals surface area contributed by atoms with Gasteiger partial charge in [-0.3, -0.25) is 14.6 Å². The zero-order chi connectivity index (χ0) is 19.5. The van der Waals surface area contributed by atoms with Crippen LogP contribution >= 0.6 is 11.6 Å². The van der Waals surface area contributed by atoms with Crippen LogP contribution in [0.1, 0.15) is 16.1 Å². The third-order valence-electron chi connectivity index (χ3n) is 4.14. The highest BCUT2D eigenvalue weighted by molar-refractivity contribution is 6.30. The van der Waals surface area contributed by atoms with E-state index in [1.165, 1.54) is 12.3 Å². The highest BCUT2D eigenvalue weighted by Crippen LogP contribution is 2.20. The number of aromatic amines is 1. The van der Waals surface area contributed by atoms with E-state index in [4.69, 9.17) is 11.6 Å². The fourth-order valence-electron chi connectivity index (χ4n) is 2.72. The smallest absolute Gasteiger partial charge is 0.273 e.